The van der Waals surface area contributed by atoms with Crippen molar-refractivity contribution >= 4 is 34.8 Å². The standard InChI is InChI=1S/C20H12ClFO2S/c21-14-3-8-19-17(10-14)20-13(11-24-19)9-16(25-20)6-7-18(23)12-1-4-15(22)5-2-12/h1-10H,11H2. The number of fused-ring (bicyclic) bond motifs is 3. The number of halogens is 2. The van der Waals surface area contributed by atoms with E-state index in [1.165, 1.54) is 30.3 Å². The fourth-order valence-corrected chi connectivity index (χ4v) is 3.96. The molecule has 2 heterocycles. The van der Waals surface area contributed by atoms with Gasteiger partial charge in [-0.25, -0.2) is 4.39 Å². The molecule has 0 aliphatic carbocycles. The summed E-state index contributed by atoms with van der Waals surface area (Å²) in [5, 5.41) is 0.659. The summed E-state index contributed by atoms with van der Waals surface area (Å²) in [6.07, 6.45) is 3.28. The first-order valence-electron chi connectivity index (χ1n) is 7.63. The molecule has 0 saturated carbocycles. The van der Waals surface area contributed by atoms with Crippen molar-refractivity contribution in [2.24, 2.45) is 0 Å². The number of rotatable bonds is 3. The quantitative estimate of drug-likeness (QED) is 0.417. The number of ether oxygens (including phenoxy) is 1. The van der Waals surface area contributed by atoms with Gasteiger partial charge in [0.1, 0.15) is 18.2 Å². The summed E-state index contributed by atoms with van der Waals surface area (Å²) < 4.78 is 18.7. The molecule has 2 aromatic carbocycles. The van der Waals surface area contributed by atoms with Crippen LogP contribution in [0.4, 0.5) is 4.39 Å². The maximum atomic E-state index is 12.9. The maximum Gasteiger partial charge on any atom is 0.185 e. The predicted octanol–water partition coefficient (Wildman–Crippen LogP) is 6.00. The Morgan fingerprint density at radius 2 is 1.96 bits per heavy atom. The molecule has 0 unspecified atom stereocenters. The molecular formula is C20H12ClFO2S. The summed E-state index contributed by atoms with van der Waals surface area (Å²) in [7, 11) is 0. The van der Waals surface area contributed by atoms with Crippen molar-refractivity contribution in [2.45, 2.75) is 6.61 Å². The largest absolute Gasteiger partial charge is 0.488 e. The van der Waals surface area contributed by atoms with Crippen molar-refractivity contribution in [3.8, 4) is 16.2 Å². The van der Waals surface area contributed by atoms with Crippen LogP contribution in [0.25, 0.3) is 16.5 Å². The van der Waals surface area contributed by atoms with Crippen LogP contribution in [0.1, 0.15) is 20.8 Å². The van der Waals surface area contributed by atoms with Crippen molar-refractivity contribution in [2.75, 3.05) is 0 Å². The Labute approximate surface area is 153 Å². The second-order valence-corrected chi connectivity index (χ2v) is 7.16. The van der Waals surface area contributed by atoms with E-state index in [1.807, 2.05) is 18.2 Å². The first kappa shape index (κ1) is 16.1. The molecule has 0 radical (unpaired) electrons. The van der Waals surface area contributed by atoms with E-state index in [4.69, 9.17) is 16.3 Å². The van der Waals surface area contributed by atoms with Gasteiger partial charge in [-0.15, -0.1) is 11.3 Å². The normalized spacial score (nSPS) is 12.6. The van der Waals surface area contributed by atoms with Gasteiger partial charge in [0, 0.05) is 31.5 Å². The number of thiophene rings is 1. The van der Waals surface area contributed by atoms with Gasteiger partial charge in [0.25, 0.3) is 0 Å². The molecule has 25 heavy (non-hydrogen) atoms. The van der Waals surface area contributed by atoms with Crippen molar-refractivity contribution in [1.82, 2.24) is 0 Å². The van der Waals surface area contributed by atoms with Gasteiger partial charge in [0.2, 0.25) is 0 Å². The number of benzene rings is 2. The van der Waals surface area contributed by atoms with Crippen molar-refractivity contribution in [1.29, 1.82) is 0 Å². The smallest absolute Gasteiger partial charge is 0.185 e. The summed E-state index contributed by atoms with van der Waals surface area (Å²) in [5.41, 5.74) is 2.51. The summed E-state index contributed by atoms with van der Waals surface area (Å²) in [4.78, 5) is 14.2. The van der Waals surface area contributed by atoms with Crippen LogP contribution in [0, 0.1) is 5.82 Å². The topological polar surface area (TPSA) is 26.3 Å². The molecule has 0 saturated heterocycles. The summed E-state index contributed by atoms with van der Waals surface area (Å²) in [5.74, 6) is 0.298. The molecule has 0 amide bonds. The van der Waals surface area contributed by atoms with Crippen LogP contribution in [0.5, 0.6) is 5.75 Å². The van der Waals surface area contributed by atoms with Crippen LogP contribution in [-0.2, 0) is 6.61 Å². The number of carbonyl (C=O) groups is 1. The van der Waals surface area contributed by atoms with E-state index in [0.29, 0.717) is 17.2 Å². The molecular weight excluding hydrogens is 359 g/mol. The first-order valence-corrected chi connectivity index (χ1v) is 8.83. The fraction of sp³-hybridized carbons (Fsp3) is 0.0500. The second-order valence-electron chi connectivity index (χ2n) is 5.64. The molecule has 0 N–H and O–H groups in total. The van der Waals surface area contributed by atoms with E-state index < -0.39 is 0 Å². The van der Waals surface area contributed by atoms with Gasteiger partial charge in [0.15, 0.2) is 5.78 Å². The summed E-state index contributed by atoms with van der Waals surface area (Å²) in [6, 6.07) is 13.1. The number of hydrogen-bond acceptors (Lipinski definition) is 3. The zero-order valence-electron chi connectivity index (χ0n) is 13.0. The Bertz CT molecular complexity index is 989. The second kappa shape index (κ2) is 6.47. The molecule has 124 valence electrons. The third-order valence-corrected chi connectivity index (χ3v) is 5.34. The Balaban J connectivity index is 1.61. The Morgan fingerprint density at radius 1 is 1.16 bits per heavy atom. The molecule has 1 aromatic heterocycles. The average molecular weight is 371 g/mol. The van der Waals surface area contributed by atoms with Crippen LogP contribution in [0.3, 0.4) is 0 Å². The molecule has 0 atom stereocenters. The zero-order chi connectivity index (χ0) is 17.4. The van der Waals surface area contributed by atoms with E-state index in [-0.39, 0.29) is 11.6 Å². The van der Waals surface area contributed by atoms with Crippen molar-refractivity contribution in [3.63, 3.8) is 0 Å². The van der Waals surface area contributed by atoms with E-state index in [2.05, 4.69) is 0 Å². The van der Waals surface area contributed by atoms with E-state index in [9.17, 15) is 9.18 Å². The molecule has 5 heteroatoms. The molecule has 1 aliphatic heterocycles. The highest BCUT2D eigenvalue weighted by atomic mass is 35.5. The lowest BCUT2D eigenvalue weighted by Gasteiger charge is -2.17. The molecule has 2 nitrogen and oxygen atoms in total. The minimum Gasteiger partial charge on any atom is -0.488 e. The Hall–Kier alpha value is -2.43. The zero-order valence-corrected chi connectivity index (χ0v) is 14.5. The molecule has 4 rings (SSSR count). The molecule has 0 fully saturated rings. The monoisotopic (exact) mass is 370 g/mol. The van der Waals surface area contributed by atoms with Crippen molar-refractivity contribution < 1.29 is 13.9 Å². The van der Waals surface area contributed by atoms with E-state index >= 15 is 0 Å². The maximum absolute atomic E-state index is 12.9. The lowest BCUT2D eigenvalue weighted by atomic mass is 10.1. The number of ketones is 1. The van der Waals surface area contributed by atoms with Gasteiger partial charge in [-0.05, 0) is 60.7 Å². The van der Waals surface area contributed by atoms with Crippen LogP contribution in [0.2, 0.25) is 5.02 Å². The number of allylic oxidation sites excluding steroid dienone is 1. The SMILES string of the molecule is O=C(C=Cc1cc2c(s1)-c1cc(Cl)ccc1OC2)c1ccc(F)cc1. The lowest BCUT2D eigenvalue weighted by Crippen LogP contribution is -2.02. The minimum absolute atomic E-state index is 0.161. The van der Waals surface area contributed by atoms with Gasteiger partial charge >= 0.3 is 0 Å². The van der Waals surface area contributed by atoms with Gasteiger partial charge in [-0.3, -0.25) is 4.79 Å². The van der Waals surface area contributed by atoms with Gasteiger partial charge in [-0.1, -0.05) is 11.6 Å². The highest BCUT2D eigenvalue weighted by Gasteiger charge is 2.20. The summed E-state index contributed by atoms with van der Waals surface area (Å²) >= 11 is 7.68. The van der Waals surface area contributed by atoms with Crippen LogP contribution >= 0.6 is 22.9 Å². The predicted molar refractivity (Wildman–Crippen MR) is 98.9 cm³/mol. The van der Waals surface area contributed by atoms with Gasteiger partial charge < -0.3 is 4.74 Å². The Morgan fingerprint density at radius 3 is 2.76 bits per heavy atom. The lowest BCUT2D eigenvalue weighted by molar-refractivity contribution is 0.104. The first-order chi connectivity index (χ1) is 12.1. The highest BCUT2D eigenvalue weighted by Crippen LogP contribution is 2.43. The fourth-order valence-electron chi connectivity index (χ4n) is 2.70. The number of carbonyl (C=O) groups excluding carboxylic acids is 1. The van der Waals surface area contributed by atoms with E-state index in [1.54, 1.807) is 23.5 Å². The number of hydrogen-bond donors (Lipinski definition) is 0. The van der Waals surface area contributed by atoms with Crippen LogP contribution < -0.4 is 4.74 Å². The van der Waals surface area contributed by atoms with Crippen LogP contribution in [-0.4, -0.2) is 5.78 Å². The average Bonchev–Trinajstić information content (AvgIpc) is 3.04. The third kappa shape index (κ3) is 3.23. The molecule has 1 aliphatic rings. The highest BCUT2D eigenvalue weighted by molar-refractivity contribution is 7.16. The molecule has 0 spiro atoms. The third-order valence-electron chi connectivity index (χ3n) is 3.93. The molecule has 3 aromatic rings. The molecule has 0 bridgehead atoms. The van der Waals surface area contributed by atoms with E-state index in [0.717, 1.165) is 26.6 Å². The summed E-state index contributed by atoms with van der Waals surface area (Å²) in [6.45, 7) is 0.500. The van der Waals surface area contributed by atoms with Crippen molar-refractivity contribution in [3.05, 3.63) is 81.5 Å². The Kier molecular flexibility index (Phi) is 4.15. The van der Waals surface area contributed by atoms with Gasteiger partial charge in [-0.2, -0.15) is 0 Å². The van der Waals surface area contributed by atoms with Crippen LogP contribution in [0.15, 0.2) is 54.6 Å². The van der Waals surface area contributed by atoms with Gasteiger partial charge in [0.05, 0.1) is 0 Å². The minimum atomic E-state index is -0.358.